The van der Waals surface area contributed by atoms with Crippen molar-refractivity contribution >= 4 is 6.29 Å². The van der Waals surface area contributed by atoms with Crippen LogP contribution in [-0.2, 0) is 0 Å². The summed E-state index contributed by atoms with van der Waals surface area (Å²) in [4.78, 5) is 13.6. The fourth-order valence-corrected chi connectivity index (χ4v) is 0.413. The van der Waals surface area contributed by atoms with Gasteiger partial charge < -0.3 is 0 Å². The summed E-state index contributed by atoms with van der Waals surface area (Å²) in [6.07, 6.45) is 0.601. The van der Waals surface area contributed by atoms with Crippen molar-refractivity contribution in [2.24, 2.45) is 0 Å². The van der Waals surface area contributed by atoms with E-state index < -0.39 is 0 Å². The Balaban J connectivity index is 0.000000640. The van der Waals surface area contributed by atoms with Gasteiger partial charge in [0.1, 0.15) is 5.82 Å². The van der Waals surface area contributed by atoms with Gasteiger partial charge in [-0.25, -0.2) is 4.98 Å². The molecule has 1 aromatic rings. The highest BCUT2D eigenvalue weighted by atomic mass is 16.1. The molecule has 0 radical (unpaired) electrons. The fraction of sp³-hybridized carbons (Fsp3) is 0.400. The second-order valence-corrected chi connectivity index (χ2v) is 1.40. The van der Waals surface area contributed by atoms with Crippen LogP contribution >= 0.6 is 0 Å². The lowest BCUT2D eigenvalue weighted by Crippen LogP contribution is -1.79. The first-order valence-electron chi connectivity index (χ1n) is 2.17. The molecule has 0 amide bonds. The van der Waals surface area contributed by atoms with Crippen LogP contribution < -0.4 is 0 Å². The summed E-state index contributed by atoms with van der Waals surface area (Å²) in [6.45, 7) is 1.74. The highest BCUT2D eigenvalue weighted by molar-refractivity contribution is 5.68. The maximum absolute atomic E-state index is 9.87. The van der Waals surface area contributed by atoms with Crippen LogP contribution in [0.25, 0.3) is 0 Å². The zero-order chi connectivity index (χ0) is 5.98. The van der Waals surface area contributed by atoms with Crippen molar-refractivity contribution in [3.63, 3.8) is 0 Å². The molecule has 1 heterocycles. The summed E-state index contributed by atoms with van der Waals surface area (Å²) in [5.74, 6) is 0.870. The predicted octanol–water partition coefficient (Wildman–Crippen LogP) is 0.562. The van der Waals surface area contributed by atoms with Crippen molar-refractivity contribution in [3.8, 4) is 0 Å². The summed E-state index contributed by atoms with van der Waals surface area (Å²) in [7, 11) is 0. The lowest BCUT2D eigenvalue weighted by molar-refractivity contribution is 0.111. The molecule has 50 valence electrons. The first kappa shape index (κ1) is 7.81. The van der Waals surface area contributed by atoms with Crippen molar-refractivity contribution in [1.82, 2.24) is 15.2 Å². The molecular formula is C5H9N3O. The molecule has 4 heteroatoms. The molecule has 0 aliphatic carbocycles. The van der Waals surface area contributed by atoms with Gasteiger partial charge in [-0.1, -0.05) is 7.43 Å². The van der Waals surface area contributed by atoms with Crippen LogP contribution in [0.15, 0.2) is 0 Å². The van der Waals surface area contributed by atoms with Crippen LogP contribution in [0, 0.1) is 6.92 Å². The topological polar surface area (TPSA) is 58.6 Å². The number of aromatic nitrogens is 3. The largest absolute Gasteiger partial charge is 0.294 e. The summed E-state index contributed by atoms with van der Waals surface area (Å²) in [5.41, 5.74) is 0. The third kappa shape index (κ3) is 1.64. The number of carbonyl (C=O) groups is 1. The van der Waals surface area contributed by atoms with E-state index >= 15 is 0 Å². The Morgan fingerprint density at radius 3 is 2.56 bits per heavy atom. The maximum atomic E-state index is 9.87. The number of nitrogens with one attached hydrogen (secondary N) is 1. The van der Waals surface area contributed by atoms with Gasteiger partial charge in [0.15, 0.2) is 6.29 Å². The molecule has 0 bridgehead atoms. The van der Waals surface area contributed by atoms with E-state index in [9.17, 15) is 4.79 Å². The molecule has 0 fully saturated rings. The minimum Gasteiger partial charge on any atom is -0.294 e. The molecule has 0 atom stereocenters. The first-order chi connectivity index (χ1) is 3.83. The normalized spacial score (nSPS) is 8.11. The van der Waals surface area contributed by atoms with Gasteiger partial charge in [-0.15, -0.1) is 0 Å². The SMILES string of the molecule is C.Cc1nc(C=O)n[nH]1. The third-order valence-electron chi connectivity index (χ3n) is 0.720. The van der Waals surface area contributed by atoms with Gasteiger partial charge in [-0.05, 0) is 6.92 Å². The van der Waals surface area contributed by atoms with Crippen molar-refractivity contribution in [3.05, 3.63) is 11.6 Å². The van der Waals surface area contributed by atoms with Gasteiger partial charge in [-0.2, -0.15) is 5.10 Å². The Bertz CT molecular complexity index is 194. The van der Waals surface area contributed by atoms with Crippen molar-refractivity contribution in [2.75, 3.05) is 0 Å². The molecule has 0 aliphatic rings. The molecule has 1 aromatic heterocycles. The second-order valence-electron chi connectivity index (χ2n) is 1.40. The molecule has 1 rings (SSSR count). The Labute approximate surface area is 53.3 Å². The fourth-order valence-electron chi connectivity index (χ4n) is 0.413. The first-order valence-corrected chi connectivity index (χ1v) is 2.17. The average molecular weight is 127 g/mol. The molecule has 9 heavy (non-hydrogen) atoms. The van der Waals surface area contributed by atoms with Gasteiger partial charge >= 0.3 is 0 Å². The van der Waals surface area contributed by atoms with Crippen LogP contribution in [0.5, 0.6) is 0 Å². The zero-order valence-electron chi connectivity index (χ0n) is 4.38. The minimum atomic E-state index is 0. The molecule has 0 saturated carbocycles. The van der Waals surface area contributed by atoms with Gasteiger partial charge in [-0.3, -0.25) is 9.89 Å². The van der Waals surface area contributed by atoms with Gasteiger partial charge in [0.05, 0.1) is 0 Å². The zero-order valence-corrected chi connectivity index (χ0v) is 4.38. The van der Waals surface area contributed by atoms with Crippen LogP contribution in [0.2, 0.25) is 0 Å². The average Bonchev–Trinajstić information content (AvgIpc) is 2.14. The second kappa shape index (κ2) is 2.96. The van der Waals surface area contributed by atoms with E-state index in [-0.39, 0.29) is 13.3 Å². The number of H-pyrrole nitrogens is 1. The summed E-state index contributed by atoms with van der Waals surface area (Å²) < 4.78 is 0. The highest BCUT2D eigenvalue weighted by Crippen LogP contribution is 1.83. The van der Waals surface area contributed by atoms with E-state index in [0.29, 0.717) is 12.1 Å². The van der Waals surface area contributed by atoms with E-state index in [2.05, 4.69) is 15.2 Å². The Kier molecular flexibility index (Phi) is 2.57. The van der Waals surface area contributed by atoms with Gasteiger partial charge in [0.2, 0.25) is 5.82 Å². The van der Waals surface area contributed by atoms with Gasteiger partial charge in [0.25, 0.3) is 0 Å². The molecule has 0 spiro atoms. The lowest BCUT2D eigenvalue weighted by Gasteiger charge is -1.67. The monoisotopic (exact) mass is 127 g/mol. The lowest BCUT2D eigenvalue weighted by atomic mass is 10.7. The van der Waals surface area contributed by atoms with Crippen molar-refractivity contribution in [2.45, 2.75) is 14.4 Å². The summed E-state index contributed by atoms with van der Waals surface area (Å²) in [6, 6.07) is 0. The minimum absolute atomic E-state index is 0. The van der Waals surface area contributed by atoms with Crippen LogP contribution in [-0.4, -0.2) is 21.5 Å². The van der Waals surface area contributed by atoms with Crippen LogP contribution in [0.4, 0.5) is 0 Å². The van der Waals surface area contributed by atoms with E-state index in [4.69, 9.17) is 0 Å². The Morgan fingerprint density at radius 2 is 2.33 bits per heavy atom. The quantitative estimate of drug-likeness (QED) is 0.561. The molecular weight excluding hydrogens is 118 g/mol. The van der Waals surface area contributed by atoms with E-state index in [1.54, 1.807) is 6.92 Å². The number of nitrogens with zero attached hydrogens (tertiary/aromatic N) is 2. The molecule has 4 nitrogen and oxygen atoms in total. The standard InChI is InChI=1S/C4H5N3O.CH4/c1-3-5-4(2-8)7-6-3;/h2H,1H3,(H,5,6,7);1H4. The molecule has 0 saturated heterocycles. The van der Waals surface area contributed by atoms with E-state index in [0.717, 1.165) is 0 Å². The predicted molar refractivity (Wildman–Crippen MR) is 33.2 cm³/mol. The number of aryl methyl sites for hydroxylation is 1. The highest BCUT2D eigenvalue weighted by Gasteiger charge is 1.92. The number of carbonyl (C=O) groups excluding carboxylic acids is 1. The summed E-state index contributed by atoms with van der Waals surface area (Å²) >= 11 is 0. The summed E-state index contributed by atoms with van der Waals surface area (Å²) in [5, 5.41) is 6.06. The maximum Gasteiger partial charge on any atom is 0.214 e. The number of rotatable bonds is 1. The Hall–Kier alpha value is -1.19. The molecule has 0 unspecified atom stereocenters. The molecule has 1 N–H and O–H groups in total. The smallest absolute Gasteiger partial charge is 0.214 e. The van der Waals surface area contributed by atoms with Crippen molar-refractivity contribution in [1.29, 1.82) is 0 Å². The Morgan fingerprint density at radius 1 is 1.67 bits per heavy atom. The van der Waals surface area contributed by atoms with E-state index in [1.807, 2.05) is 0 Å². The van der Waals surface area contributed by atoms with E-state index in [1.165, 1.54) is 0 Å². The molecule has 0 aliphatic heterocycles. The number of aldehydes is 1. The van der Waals surface area contributed by atoms with Crippen LogP contribution in [0.3, 0.4) is 0 Å². The van der Waals surface area contributed by atoms with Gasteiger partial charge in [0, 0.05) is 0 Å². The third-order valence-corrected chi connectivity index (χ3v) is 0.720. The molecule has 0 aromatic carbocycles. The number of hydrogen-bond acceptors (Lipinski definition) is 3. The van der Waals surface area contributed by atoms with Crippen molar-refractivity contribution < 1.29 is 4.79 Å². The number of hydrogen-bond donors (Lipinski definition) is 1. The number of aromatic amines is 1. The van der Waals surface area contributed by atoms with Crippen LogP contribution in [0.1, 0.15) is 23.9 Å².